The Morgan fingerprint density at radius 1 is 1.24 bits per heavy atom. The lowest BCUT2D eigenvalue weighted by molar-refractivity contribution is -0.131. The summed E-state index contributed by atoms with van der Waals surface area (Å²) in [7, 11) is 0. The molecule has 2 aromatic rings. The summed E-state index contributed by atoms with van der Waals surface area (Å²) in [5.74, 6) is -0.947. The van der Waals surface area contributed by atoms with Gasteiger partial charge in [-0.25, -0.2) is 9.18 Å². The van der Waals surface area contributed by atoms with Crippen LogP contribution in [0.4, 0.5) is 9.18 Å². The molecule has 1 aromatic carbocycles. The van der Waals surface area contributed by atoms with Crippen LogP contribution in [0, 0.1) is 5.82 Å². The molecule has 4 nitrogen and oxygen atoms in total. The van der Waals surface area contributed by atoms with Crippen LogP contribution in [0.1, 0.15) is 17.4 Å². The van der Waals surface area contributed by atoms with Crippen molar-refractivity contribution in [3.63, 3.8) is 0 Å². The Kier molecular flexibility index (Phi) is 3.25. The van der Waals surface area contributed by atoms with E-state index < -0.39 is 23.3 Å². The van der Waals surface area contributed by atoms with E-state index in [1.165, 1.54) is 30.4 Å². The number of halogens is 1. The monoisotopic (exact) mass is 304 g/mol. The van der Waals surface area contributed by atoms with Crippen LogP contribution in [0.25, 0.3) is 0 Å². The molecule has 1 aliphatic heterocycles. The van der Waals surface area contributed by atoms with Crippen LogP contribution in [0.3, 0.4) is 0 Å². The molecule has 0 aliphatic carbocycles. The number of thiophene rings is 1. The molecular weight excluding hydrogens is 291 g/mol. The maximum atomic E-state index is 14.0. The second-order valence-corrected chi connectivity index (χ2v) is 6.04. The van der Waals surface area contributed by atoms with Crippen LogP contribution in [0.2, 0.25) is 0 Å². The molecular formula is C15H13FN2O2S. The molecule has 108 valence electrons. The van der Waals surface area contributed by atoms with Gasteiger partial charge >= 0.3 is 6.03 Å². The number of amides is 3. The molecule has 1 saturated heterocycles. The summed E-state index contributed by atoms with van der Waals surface area (Å²) in [6.45, 7) is 1.73. The molecule has 0 bridgehead atoms. The molecule has 2 heterocycles. The van der Waals surface area contributed by atoms with Gasteiger partial charge in [-0.05, 0) is 24.4 Å². The standard InChI is InChI=1S/C15H13FN2O2S/c1-15(11-6-2-3-7-12(11)16)13(19)18(14(20)17-15)9-10-5-4-8-21-10/h2-8H,9H2,1H3,(H,17,20)/t15-/m1/s1. The van der Waals surface area contributed by atoms with Crippen LogP contribution in [-0.4, -0.2) is 16.8 Å². The summed E-state index contributed by atoms with van der Waals surface area (Å²) in [4.78, 5) is 26.7. The molecule has 3 rings (SSSR count). The number of hydrogen-bond acceptors (Lipinski definition) is 3. The first kappa shape index (κ1) is 13.8. The Morgan fingerprint density at radius 3 is 2.67 bits per heavy atom. The van der Waals surface area contributed by atoms with E-state index in [1.807, 2.05) is 17.5 Å². The molecule has 0 unspecified atom stereocenters. The van der Waals surface area contributed by atoms with Crippen molar-refractivity contribution in [2.24, 2.45) is 0 Å². The quantitative estimate of drug-likeness (QED) is 0.887. The van der Waals surface area contributed by atoms with E-state index >= 15 is 0 Å². The summed E-state index contributed by atoms with van der Waals surface area (Å²) < 4.78 is 14.0. The second-order valence-electron chi connectivity index (χ2n) is 5.01. The summed E-state index contributed by atoms with van der Waals surface area (Å²) >= 11 is 1.46. The molecule has 6 heteroatoms. The summed E-state index contributed by atoms with van der Waals surface area (Å²) in [6.07, 6.45) is 0. The van der Waals surface area contributed by atoms with Gasteiger partial charge in [0.15, 0.2) is 0 Å². The normalized spacial score (nSPS) is 21.7. The third kappa shape index (κ3) is 2.21. The van der Waals surface area contributed by atoms with Crippen molar-refractivity contribution >= 4 is 23.3 Å². The fourth-order valence-corrected chi connectivity index (χ4v) is 3.14. The predicted octanol–water partition coefficient (Wildman–Crippen LogP) is 2.85. The molecule has 0 saturated carbocycles. The third-order valence-corrected chi connectivity index (χ3v) is 4.44. The van der Waals surface area contributed by atoms with Gasteiger partial charge in [0, 0.05) is 10.4 Å². The highest BCUT2D eigenvalue weighted by Gasteiger charge is 2.50. The largest absolute Gasteiger partial charge is 0.325 e. The zero-order chi connectivity index (χ0) is 15.0. The van der Waals surface area contributed by atoms with Gasteiger partial charge in [-0.1, -0.05) is 24.3 Å². The van der Waals surface area contributed by atoms with Gasteiger partial charge in [0.2, 0.25) is 0 Å². The van der Waals surface area contributed by atoms with E-state index in [9.17, 15) is 14.0 Å². The van der Waals surface area contributed by atoms with Gasteiger partial charge in [-0.15, -0.1) is 11.3 Å². The summed E-state index contributed by atoms with van der Waals surface area (Å²) in [6, 6.07) is 9.19. The minimum absolute atomic E-state index is 0.178. The lowest BCUT2D eigenvalue weighted by Crippen LogP contribution is -2.41. The topological polar surface area (TPSA) is 49.4 Å². The number of imide groups is 1. The molecule has 3 amide bonds. The van der Waals surface area contributed by atoms with Crippen molar-refractivity contribution in [2.75, 3.05) is 0 Å². The average molecular weight is 304 g/mol. The van der Waals surface area contributed by atoms with Gasteiger partial charge < -0.3 is 5.32 Å². The molecule has 1 aliphatic rings. The first-order valence-corrected chi connectivity index (χ1v) is 7.32. The lowest BCUT2D eigenvalue weighted by atomic mass is 9.91. The van der Waals surface area contributed by atoms with Crippen molar-refractivity contribution < 1.29 is 14.0 Å². The SMILES string of the molecule is C[C@]1(c2ccccc2F)NC(=O)N(Cc2cccs2)C1=O. The number of urea groups is 1. The molecule has 1 fully saturated rings. The van der Waals surface area contributed by atoms with E-state index in [4.69, 9.17) is 0 Å². The van der Waals surface area contributed by atoms with Crippen molar-refractivity contribution in [3.8, 4) is 0 Å². The Hall–Kier alpha value is -2.21. The van der Waals surface area contributed by atoms with E-state index in [2.05, 4.69) is 5.32 Å². The first-order chi connectivity index (χ1) is 10.0. The van der Waals surface area contributed by atoms with Gasteiger partial charge in [-0.2, -0.15) is 0 Å². The molecule has 21 heavy (non-hydrogen) atoms. The van der Waals surface area contributed by atoms with Crippen molar-refractivity contribution in [2.45, 2.75) is 19.0 Å². The summed E-state index contributed by atoms with van der Waals surface area (Å²) in [5.41, 5.74) is -1.18. The van der Waals surface area contributed by atoms with E-state index in [0.717, 1.165) is 9.78 Å². The van der Waals surface area contributed by atoms with Crippen molar-refractivity contribution in [1.82, 2.24) is 10.2 Å². The number of carbonyl (C=O) groups excluding carboxylic acids is 2. The van der Waals surface area contributed by atoms with Gasteiger partial charge in [0.25, 0.3) is 5.91 Å². The van der Waals surface area contributed by atoms with Gasteiger partial charge in [-0.3, -0.25) is 9.69 Å². The fraction of sp³-hybridized carbons (Fsp3) is 0.200. The zero-order valence-corrected chi connectivity index (χ0v) is 12.1. The maximum Gasteiger partial charge on any atom is 0.325 e. The highest BCUT2D eigenvalue weighted by Crippen LogP contribution is 2.31. The van der Waals surface area contributed by atoms with Crippen LogP contribution < -0.4 is 5.32 Å². The average Bonchev–Trinajstić information content (AvgIpc) is 3.03. The van der Waals surface area contributed by atoms with Crippen molar-refractivity contribution in [1.29, 1.82) is 0 Å². The fourth-order valence-electron chi connectivity index (χ4n) is 2.45. The highest BCUT2D eigenvalue weighted by molar-refractivity contribution is 7.09. The van der Waals surface area contributed by atoms with Crippen molar-refractivity contribution in [3.05, 3.63) is 58.0 Å². The first-order valence-electron chi connectivity index (χ1n) is 6.44. The molecule has 0 spiro atoms. The second kappa shape index (κ2) is 4.96. The highest BCUT2D eigenvalue weighted by atomic mass is 32.1. The number of nitrogens with one attached hydrogen (secondary N) is 1. The predicted molar refractivity (Wildman–Crippen MR) is 77.2 cm³/mol. The Bertz CT molecular complexity index is 701. The van der Waals surface area contributed by atoms with Gasteiger partial charge in [0.1, 0.15) is 11.4 Å². The lowest BCUT2D eigenvalue weighted by Gasteiger charge is -2.22. The summed E-state index contributed by atoms with van der Waals surface area (Å²) in [5, 5.41) is 4.48. The number of benzene rings is 1. The van der Waals surface area contributed by atoms with Gasteiger partial charge in [0.05, 0.1) is 6.54 Å². The number of carbonyl (C=O) groups is 2. The molecule has 0 radical (unpaired) electrons. The molecule has 1 N–H and O–H groups in total. The van der Waals surface area contributed by atoms with Crippen LogP contribution in [0.15, 0.2) is 41.8 Å². The number of hydrogen-bond donors (Lipinski definition) is 1. The van der Waals surface area contributed by atoms with E-state index in [-0.39, 0.29) is 12.1 Å². The number of rotatable bonds is 3. The van der Waals surface area contributed by atoms with E-state index in [0.29, 0.717) is 0 Å². The maximum absolute atomic E-state index is 14.0. The number of nitrogens with zero attached hydrogens (tertiary/aromatic N) is 1. The molecule has 1 aromatic heterocycles. The Balaban J connectivity index is 1.94. The molecule has 1 atom stereocenters. The Labute approximate surface area is 125 Å². The van der Waals surface area contributed by atoms with Crippen LogP contribution in [-0.2, 0) is 16.9 Å². The zero-order valence-electron chi connectivity index (χ0n) is 11.3. The van der Waals surface area contributed by atoms with E-state index in [1.54, 1.807) is 12.1 Å². The smallest absolute Gasteiger partial charge is 0.319 e. The third-order valence-electron chi connectivity index (χ3n) is 3.58. The van der Waals surface area contributed by atoms with Crippen LogP contribution in [0.5, 0.6) is 0 Å². The minimum Gasteiger partial charge on any atom is -0.319 e. The Morgan fingerprint density at radius 2 is 2.00 bits per heavy atom. The van der Waals surface area contributed by atoms with Crippen LogP contribution >= 0.6 is 11.3 Å². The minimum atomic E-state index is -1.36.